The van der Waals surface area contributed by atoms with Gasteiger partial charge in [-0.2, -0.15) is 17.0 Å². The zero-order valence-electron chi connectivity index (χ0n) is 11.0. The summed E-state index contributed by atoms with van der Waals surface area (Å²) in [4.78, 5) is 0. The van der Waals surface area contributed by atoms with E-state index in [0.717, 1.165) is 17.6 Å². The summed E-state index contributed by atoms with van der Waals surface area (Å²) < 4.78 is 0. The van der Waals surface area contributed by atoms with Crippen LogP contribution in [0, 0.1) is 23.2 Å². The summed E-state index contributed by atoms with van der Waals surface area (Å²) in [6, 6.07) is 2.57. The van der Waals surface area contributed by atoms with Gasteiger partial charge in [-0.1, -0.05) is 39.0 Å². The minimum Gasteiger partial charge on any atom is -0.198 e. The van der Waals surface area contributed by atoms with Gasteiger partial charge < -0.3 is 0 Å². The lowest BCUT2D eigenvalue weighted by atomic mass is 9.90. The molecule has 0 aromatic heterocycles. The van der Waals surface area contributed by atoms with E-state index in [9.17, 15) is 5.26 Å². The Morgan fingerprint density at radius 2 is 1.82 bits per heavy atom. The van der Waals surface area contributed by atoms with Crippen LogP contribution in [0.5, 0.6) is 0 Å². The second kappa shape index (κ2) is 6.69. The fourth-order valence-corrected chi connectivity index (χ4v) is 5.26. The summed E-state index contributed by atoms with van der Waals surface area (Å²) in [6.07, 6.45) is 12.0. The molecule has 4 unspecified atom stereocenters. The Hall–Kier alpha value is -0.160. The highest BCUT2D eigenvalue weighted by Crippen LogP contribution is 2.40. The molecule has 2 aliphatic carbocycles. The van der Waals surface area contributed by atoms with Gasteiger partial charge in [0.25, 0.3) is 0 Å². The molecule has 0 bridgehead atoms. The quantitative estimate of drug-likeness (QED) is 0.660. The third-order valence-electron chi connectivity index (χ3n) is 4.37. The molecule has 0 amide bonds. The molecule has 0 radical (unpaired) electrons. The molecule has 17 heavy (non-hydrogen) atoms. The molecule has 0 spiro atoms. The Kier molecular flexibility index (Phi) is 5.22. The Balaban J connectivity index is 1.88. The molecule has 2 heteroatoms. The molecule has 0 aliphatic heterocycles. The van der Waals surface area contributed by atoms with Crippen molar-refractivity contribution in [3.05, 3.63) is 0 Å². The van der Waals surface area contributed by atoms with E-state index in [0.29, 0.717) is 11.2 Å². The lowest BCUT2D eigenvalue weighted by molar-refractivity contribution is 0.392. The average molecular weight is 251 g/mol. The number of hydrogen-bond donors (Lipinski definition) is 0. The third kappa shape index (κ3) is 3.91. The van der Waals surface area contributed by atoms with Crippen LogP contribution in [0.2, 0.25) is 0 Å². The van der Waals surface area contributed by atoms with Gasteiger partial charge in [0, 0.05) is 10.5 Å². The zero-order chi connectivity index (χ0) is 12.1. The Bertz CT molecular complexity index is 271. The van der Waals surface area contributed by atoms with Crippen molar-refractivity contribution in [3.63, 3.8) is 0 Å². The summed E-state index contributed by atoms with van der Waals surface area (Å²) in [5.41, 5.74) is 0. The fraction of sp³-hybridized carbons (Fsp3) is 0.933. The van der Waals surface area contributed by atoms with Crippen molar-refractivity contribution in [1.29, 1.82) is 5.26 Å². The summed E-state index contributed by atoms with van der Waals surface area (Å²) >= 11 is 2.17. The fourth-order valence-electron chi connectivity index (χ4n) is 3.33. The van der Waals surface area contributed by atoms with Crippen LogP contribution in [0.15, 0.2) is 0 Å². The van der Waals surface area contributed by atoms with Crippen LogP contribution in [0.25, 0.3) is 0 Å². The molecular formula is C15H25NS. The molecule has 1 nitrogen and oxygen atoms in total. The van der Waals surface area contributed by atoms with Gasteiger partial charge in [0.2, 0.25) is 0 Å². The van der Waals surface area contributed by atoms with Crippen LogP contribution in [0.1, 0.15) is 64.7 Å². The minimum atomic E-state index is 0.333. The summed E-state index contributed by atoms with van der Waals surface area (Å²) in [6.45, 7) is 2.39. The van der Waals surface area contributed by atoms with Crippen molar-refractivity contribution >= 4 is 11.8 Å². The normalized spacial score (nSPS) is 39.3. The Morgan fingerprint density at radius 3 is 2.59 bits per heavy atom. The van der Waals surface area contributed by atoms with Crippen molar-refractivity contribution < 1.29 is 0 Å². The maximum absolute atomic E-state index is 9.30. The van der Waals surface area contributed by atoms with Crippen LogP contribution in [-0.2, 0) is 0 Å². The number of nitrogens with zero attached hydrogens (tertiary/aromatic N) is 1. The van der Waals surface area contributed by atoms with Crippen LogP contribution in [-0.4, -0.2) is 10.5 Å². The van der Waals surface area contributed by atoms with E-state index in [1.54, 1.807) is 0 Å². The lowest BCUT2D eigenvalue weighted by Crippen LogP contribution is -2.22. The van der Waals surface area contributed by atoms with Gasteiger partial charge >= 0.3 is 0 Å². The van der Waals surface area contributed by atoms with Crippen molar-refractivity contribution in [2.24, 2.45) is 11.8 Å². The van der Waals surface area contributed by atoms with Crippen molar-refractivity contribution in [2.45, 2.75) is 75.2 Å². The smallest absolute Gasteiger partial charge is 0.0667 e. The topological polar surface area (TPSA) is 23.8 Å². The first-order chi connectivity index (χ1) is 8.29. The summed E-state index contributed by atoms with van der Waals surface area (Å²) in [5, 5.41) is 10.8. The third-order valence-corrected chi connectivity index (χ3v) is 6.10. The van der Waals surface area contributed by atoms with Crippen LogP contribution >= 0.6 is 11.8 Å². The Morgan fingerprint density at radius 1 is 1.00 bits per heavy atom. The van der Waals surface area contributed by atoms with Gasteiger partial charge in [-0.05, 0) is 31.6 Å². The van der Waals surface area contributed by atoms with E-state index in [-0.39, 0.29) is 0 Å². The molecule has 0 heterocycles. The SMILES string of the molecule is CC1CCCC(SC2CCCCCC2C#N)C1. The monoisotopic (exact) mass is 251 g/mol. The number of nitriles is 1. The van der Waals surface area contributed by atoms with E-state index in [4.69, 9.17) is 0 Å². The number of thioether (sulfide) groups is 1. The molecular weight excluding hydrogens is 226 g/mol. The van der Waals surface area contributed by atoms with Crippen molar-refractivity contribution in [1.82, 2.24) is 0 Å². The second-order valence-electron chi connectivity index (χ2n) is 5.94. The van der Waals surface area contributed by atoms with E-state index in [1.165, 1.54) is 51.4 Å². The van der Waals surface area contributed by atoms with Gasteiger partial charge in [0.1, 0.15) is 0 Å². The maximum Gasteiger partial charge on any atom is 0.0667 e. The standard InChI is InChI=1S/C15H25NS/c1-12-6-5-8-14(10-12)17-15-9-4-2-3-7-13(15)11-16/h12-15H,2-10H2,1H3. The van der Waals surface area contributed by atoms with Gasteiger partial charge in [0.05, 0.1) is 12.0 Å². The van der Waals surface area contributed by atoms with Gasteiger partial charge in [-0.25, -0.2) is 0 Å². The van der Waals surface area contributed by atoms with E-state index in [1.807, 2.05) is 0 Å². The van der Waals surface area contributed by atoms with Gasteiger partial charge in [-0.3, -0.25) is 0 Å². The molecule has 2 saturated carbocycles. The van der Waals surface area contributed by atoms with E-state index in [2.05, 4.69) is 24.8 Å². The first kappa shape index (κ1) is 13.3. The molecule has 0 saturated heterocycles. The number of hydrogen-bond acceptors (Lipinski definition) is 2. The first-order valence-corrected chi connectivity index (χ1v) is 8.29. The summed E-state index contributed by atoms with van der Waals surface area (Å²) in [7, 11) is 0. The molecule has 4 atom stereocenters. The van der Waals surface area contributed by atoms with Crippen molar-refractivity contribution in [2.75, 3.05) is 0 Å². The Labute approximate surface area is 110 Å². The molecule has 0 aromatic carbocycles. The maximum atomic E-state index is 9.30. The van der Waals surface area contributed by atoms with Gasteiger partial charge in [-0.15, -0.1) is 0 Å². The average Bonchev–Trinajstić information content (AvgIpc) is 2.54. The highest BCUT2D eigenvalue weighted by atomic mass is 32.2. The van der Waals surface area contributed by atoms with Crippen LogP contribution in [0.4, 0.5) is 0 Å². The van der Waals surface area contributed by atoms with E-state index >= 15 is 0 Å². The zero-order valence-corrected chi connectivity index (χ0v) is 11.8. The first-order valence-electron chi connectivity index (χ1n) is 7.34. The molecule has 2 rings (SSSR count). The largest absolute Gasteiger partial charge is 0.198 e. The highest BCUT2D eigenvalue weighted by Gasteiger charge is 2.28. The molecule has 2 fully saturated rings. The highest BCUT2D eigenvalue weighted by molar-refractivity contribution is 8.00. The molecule has 0 aromatic rings. The second-order valence-corrected chi connectivity index (χ2v) is 7.49. The minimum absolute atomic E-state index is 0.333. The predicted octanol–water partition coefficient (Wildman–Crippen LogP) is 4.77. The predicted molar refractivity (Wildman–Crippen MR) is 75.0 cm³/mol. The molecule has 96 valence electrons. The summed E-state index contributed by atoms with van der Waals surface area (Å²) in [5.74, 6) is 1.24. The lowest BCUT2D eigenvalue weighted by Gasteiger charge is -2.30. The molecule has 2 aliphatic rings. The van der Waals surface area contributed by atoms with Gasteiger partial charge in [0.15, 0.2) is 0 Å². The van der Waals surface area contributed by atoms with E-state index < -0.39 is 0 Å². The molecule has 0 N–H and O–H groups in total. The van der Waals surface area contributed by atoms with Crippen LogP contribution < -0.4 is 0 Å². The number of rotatable bonds is 2. The van der Waals surface area contributed by atoms with Crippen molar-refractivity contribution in [3.8, 4) is 6.07 Å². The van der Waals surface area contributed by atoms with Crippen LogP contribution in [0.3, 0.4) is 0 Å².